The van der Waals surface area contributed by atoms with Gasteiger partial charge in [-0.15, -0.1) is 0 Å². The van der Waals surface area contributed by atoms with Crippen molar-refractivity contribution in [3.63, 3.8) is 0 Å². The van der Waals surface area contributed by atoms with Gasteiger partial charge in [-0.05, 0) is 36.8 Å². The SMILES string of the molecule is Cc1ccc(-c2ccc(Cl)cc2)c(=O)[nH]1. The minimum Gasteiger partial charge on any atom is -0.326 e. The van der Waals surface area contributed by atoms with Gasteiger partial charge in [-0.3, -0.25) is 4.79 Å². The second-order valence-electron chi connectivity index (χ2n) is 3.39. The van der Waals surface area contributed by atoms with Crippen LogP contribution in [0.5, 0.6) is 0 Å². The summed E-state index contributed by atoms with van der Waals surface area (Å²) in [4.78, 5) is 14.4. The van der Waals surface area contributed by atoms with E-state index in [1.54, 1.807) is 12.1 Å². The van der Waals surface area contributed by atoms with Gasteiger partial charge in [0, 0.05) is 16.3 Å². The first kappa shape index (κ1) is 9.99. The Bertz CT molecular complexity index is 528. The van der Waals surface area contributed by atoms with Gasteiger partial charge >= 0.3 is 0 Å². The normalized spacial score (nSPS) is 10.3. The van der Waals surface area contributed by atoms with Crippen molar-refractivity contribution in [2.45, 2.75) is 6.92 Å². The maximum atomic E-state index is 11.6. The van der Waals surface area contributed by atoms with Gasteiger partial charge in [0.15, 0.2) is 0 Å². The first-order valence-electron chi connectivity index (χ1n) is 4.63. The zero-order valence-electron chi connectivity index (χ0n) is 8.25. The molecule has 2 aromatic rings. The molecule has 0 saturated carbocycles. The molecule has 0 fully saturated rings. The Kier molecular flexibility index (Phi) is 2.60. The smallest absolute Gasteiger partial charge is 0.256 e. The molecule has 0 aliphatic carbocycles. The molecular weight excluding hydrogens is 210 g/mol. The van der Waals surface area contributed by atoms with E-state index in [-0.39, 0.29) is 5.56 Å². The molecule has 0 atom stereocenters. The predicted molar refractivity (Wildman–Crippen MR) is 62.2 cm³/mol. The summed E-state index contributed by atoms with van der Waals surface area (Å²) >= 11 is 5.78. The van der Waals surface area contributed by atoms with E-state index in [2.05, 4.69) is 4.98 Å². The lowest BCUT2D eigenvalue weighted by Gasteiger charge is -2.01. The molecule has 0 bridgehead atoms. The van der Waals surface area contributed by atoms with Crippen LogP contribution in [0.25, 0.3) is 11.1 Å². The number of aromatic nitrogens is 1. The molecule has 0 saturated heterocycles. The molecule has 1 aromatic carbocycles. The Morgan fingerprint density at radius 1 is 1.07 bits per heavy atom. The molecule has 1 heterocycles. The number of aromatic amines is 1. The molecule has 1 N–H and O–H groups in total. The van der Waals surface area contributed by atoms with Crippen molar-refractivity contribution < 1.29 is 0 Å². The average molecular weight is 220 g/mol. The number of rotatable bonds is 1. The second kappa shape index (κ2) is 3.91. The minimum absolute atomic E-state index is 0.0719. The van der Waals surface area contributed by atoms with Gasteiger partial charge in [-0.1, -0.05) is 23.7 Å². The molecule has 76 valence electrons. The number of nitrogens with one attached hydrogen (secondary N) is 1. The van der Waals surface area contributed by atoms with E-state index in [4.69, 9.17) is 11.6 Å². The standard InChI is InChI=1S/C12H10ClNO/c1-8-2-7-11(12(15)14-8)9-3-5-10(13)6-4-9/h2-7H,1H3,(H,14,15). The Morgan fingerprint density at radius 2 is 1.73 bits per heavy atom. The summed E-state index contributed by atoms with van der Waals surface area (Å²) in [6, 6.07) is 10.9. The zero-order valence-corrected chi connectivity index (χ0v) is 9.01. The number of aryl methyl sites for hydroxylation is 1. The summed E-state index contributed by atoms with van der Waals surface area (Å²) in [5.41, 5.74) is 2.33. The number of H-pyrrole nitrogens is 1. The summed E-state index contributed by atoms with van der Waals surface area (Å²) in [7, 11) is 0. The van der Waals surface area contributed by atoms with Crippen LogP contribution in [0.2, 0.25) is 5.02 Å². The molecule has 0 spiro atoms. The molecule has 15 heavy (non-hydrogen) atoms. The molecular formula is C12H10ClNO. The molecule has 2 nitrogen and oxygen atoms in total. The van der Waals surface area contributed by atoms with Crippen molar-refractivity contribution in [3.05, 3.63) is 57.5 Å². The van der Waals surface area contributed by atoms with E-state index in [1.807, 2.05) is 31.2 Å². The summed E-state index contributed by atoms with van der Waals surface area (Å²) in [5.74, 6) is 0. The molecule has 0 amide bonds. The van der Waals surface area contributed by atoms with Crippen molar-refractivity contribution in [2.24, 2.45) is 0 Å². The highest BCUT2D eigenvalue weighted by Crippen LogP contribution is 2.17. The zero-order chi connectivity index (χ0) is 10.8. The molecule has 0 radical (unpaired) electrons. The monoisotopic (exact) mass is 219 g/mol. The maximum absolute atomic E-state index is 11.6. The average Bonchev–Trinajstić information content (AvgIpc) is 2.20. The predicted octanol–water partition coefficient (Wildman–Crippen LogP) is 3.00. The van der Waals surface area contributed by atoms with Crippen LogP contribution in [-0.2, 0) is 0 Å². The van der Waals surface area contributed by atoms with Gasteiger partial charge in [-0.2, -0.15) is 0 Å². The van der Waals surface area contributed by atoms with Gasteiger partial charge in [0.25, 0.3) is 5.56 Å². The fourth-order valence-corrected chi connectivity index (χ4v) is 1.55. The van der Waals surface area contributed by atoms with Crippen LogP contribution in [-0.4, -0.2) is 4.98 Å². The molecule has 0 aliphatic heterocycles. The molecule has 1 aromatic heterocycles. The van der Waals surface area contributed by atoms with Crippen LogP contribution in [0.1, 0.15) is 5.69 Å². The third-order valence-corrected chi connectivity index (χ3v) is 2.46. The van der Waals surface area contributed by atoms with Crippen molar-refractivity contribution in [3.8, 4) is 11.1 Å². The lowest BCUT2D eigenvalue weighted by Crippen LogP contribution is -2.09. The van der Waals surface area contributed by atoms with Crippen LogP contribution in [0.15, 0.2) is 41.2 Å². The number of benzene rings is 1. The van der Waals surface area contributed by atoms with Crippen molar-refractivity contribution in [1.29, 1.82) is 0 Å². The van der Waals surface area contributed by atoms with Crippen LogP contribution in [0, 0.1) is 6.92 Å². The Labute approximate surface area is 92.5 Å². The highest BCUT2D eigenvalue weighted by molar-refractivity contribution is 6.30. The summed E-state index contributed by atoms with van der Waals surface area (Å²) in [6.45, 7) is 1.85. The summed E-state index contributed by atoms with van der Waals surface area (Å²) < 4.78 is 0. The van der Waals surface area contributed by atoms with Gasteiger partial charge in [0.1, 0.15) is 0 Å². The highest BCUT2D eigenvalue weighted by Gasteiger charge is 2.02. The number of halogens is 1. The third kappa shape index (κ3) is 2.10. The van der Waals surface area contributed by atoms with Crippen LogP contribution >= 0.6 is 11.6 Å². The van der Waals surface area contributed by atoms with E-state index in [1.165, 1.54) is 0 Å². The fraction of sp³-hybridized carbons (Fsp3) is 0.0833. The molecule has 3 heteroatoms. The van der Waals surface area contributed by atoms with E-state index >= 15 is 0 Å². The first-order chi connectivity index (χ1) is 7.16. The van der Waals surface area contributed by atoms with E-state index in [9.17, 15) is 4.79 Å². The Morgan fingerprint density at radius 3 is 2.33 bits per heavy atom. The molecule has 2 rings (SSSR count). The lowest BCUT2D eigenvalue weighted by atomic mass is 10.1. The van der Waals surface area contributed by atoms with E-state index < -0.39 is 0 Å². The largest absolute Gasteiger partial charge is 0.326 e. The fourth-order valence-electron chi connectivity index (χ4n) is 1.43. The van der Waals surface area contributed by atoms with E-state index in [0.29, 0.717) is 10.6 Å². The minimum atomic E-state index is -0.0719. The van der Waals surface area contributed by atoms with Gasteiger partial charge < -0.3 is 4.98 Å². The van der Waals surface area contributed by atoms with Crippen LogP contribution in [0.4, 0.5) is 0 Å². The summed E-state index contributed by atoms with van der Waals surface area (Å²) in [5, 5.41) is 0.669. The topological polar surface area (TPSA) is 32.9 Å². The van der Waals surface area contributed by atoms with Crippen molar-refractivity contribution in [2.75, 3.05) is 0 Å². The Hall–Kier alpha value is -1.54. The van der Waals surface area contributed by atoms with Gasteiger partial charge in [-0.25, -0.2) is 0 Å². The summed E-state index contributed by atoms with van der Waals surface area (Å²) in [6.07, 6.45) is 0. The van der Waals surface area contributed by atoms with Gasteiger partial charge in [0.2, 0.25) is 0 Å². The van der Waals surface area contributed by atoms with E-state index in [0.717, 1.165) is 11.3 Å². The molecule has 0 aliphatic rings. The van der Waals surface area contributed by atoms with Crippen molar-refractivity contribution in [1.82, 2.24) is 4.98 Å². The van der Waals surface area contributed by atoms with Crippen molar-refractivity contribution >= 4 is 11.6 Å². The maximum Gasteiger partial charge on any atom is 0.256 e. The van der Waals surface area contributed by atoms with Gasteiger partial charge in [0.05, 0.1) is 0 Å². The lowest BCUT2D eigenvalue weighted by molar-refractivity contribution is 1.15. The second-order valence-corrected chi connectivity index (χ2v) is 3.83. The Balaban J connectivity index is 2.55. The number of hydrogen-bond acceptors (Lipinski definition) is 1. The third-order valence-electron chi connectivity index (χ3n) is 2.21. The highest BCUT2D eigenvalue weighted by atomic mass is 35.5. The van der Waals surface area contributed by atoms with Crippen LogP contribution in [0.3, 0.4) is 0 Å². The molecule has 0 unspecified atom stereocenters. The first-order valence-corrected chi connectivity index (χ1v) is 5.00. The number of pyridine rings is 1. The quantitative estimate of drug-likeness (QED) is 0.786. The number of hydrogen-bond donors (Lipinski definition) is 1. The van der Waals surface area contributed by atoms with Crippen LogP contribution < -0.4 is 5.56 Å².